The van der Waals surface area contributed by atoms with Crippen LogP contribution in [-0.2, 0) is 9.53 Å². The molecule has 0 saturated carbocycles. The lowest BCUT2D eigenvalue weighted by Gasteiger charge is -2.35. The van der Waals surface area contributed by atoms with Gasteiger partial charge in [0.1, 0.15) is 5.75 Å². The fourth-order valence-electron chi connectivity index (χ4n) is 4.27. The van der Waals surface area contributed by atoms with Crippen LogP contribution < -0.4 is 4.74 Å². The van der Waals surface area contributed by atoms with Gasteiger partial charge in [-0.1, -0.05) is 41.4 Å². The number of carbonyl (C=O) groups excluding carboxylic acids is 2. The minimum Gasteiger partial charge on any atom is -0.484 e. The zero-order chi connectivity index (χ0) is 23.9. The molecule has 2 aromatic rings. The minimum atomic E-state index is -0.0795. The second-order valence-corrected chi connectivity index (χ2v) is 9.32. The predicted octanol–water partition coefficient (Wildman–Crippen LogP) is 3.45. The van der Waals surface area contributed by atoms with E-state index in [-0.39, 0.29) is 24.5 Å². The van der Waals surface area contributed by atoms with Crippen molar-refractivity contribution in [1.29, 1.82) is 0 Å². The molecule has 0 bridgehead atoms. The highest BCUT2D eigenvalue weighted by atomic mass is 35.5. The van der Waals surface area contributed by atoms with Crippen molar-refractivity contribution in [2.45, 2.75) is 12.5 Å². The van der Waals surface area contributed by atoms with E-state index in [1.807, 2.05) is 40.1 Å². The van der Waals surface area contributed by atoms with Crippen molar-refractivity contribution in [3.05, 3.63) is 64.1 Å². The fourth-order valence-corrected chi connectivity index (χ4v) is 4.57. The highest BCUT2D eigenvalue weighted by Gasteiger charge is 2.28. The van der Waals surface area contributed by atoms with Crippen molar-refractivity contribution in [3.63, 3.8) is 0 Å². The summed E-state index contributed by atoms with van der Waals surface area (Å²) in [7, 11) is 0. The highest BCUT2D eigenvalue weighted by molar-refractivity contribution is 6.42. The third-order valence-corrected chi connectivity index (χ3v) is 6.84. The molecule has 0 radical (unpaired) electrons. The van der Waals surface area contributed by atoms with Gasteiger partial charge in [0.05, 0.1) is 22.8 Å². The third kappa shape index (κ3) is 6.63. The summed E-state index contributed by atoms with van der Waals surface area (Å²) in [6.07, 6.45) is 0.805. The number of para-hydroxylation sites is 1. The van der Waals surface area contributed by atoms with Gasteiger partial charge in [0, 0.05) is 44.8 Å². The van der Waals surface area contributed by atoms with Crippen LogP contribution in [0.3, 0.4) is 0 Å². The van der Waals surface area contributed by atoms with Crippen molar-refractivity contribution >= 4 is 35.0 Å². The van der Waals surface area contributed by atoms with E-state index in [2.05, 4.69) is 4.90 Å². The van der Waals surface area contributed by atoms with E-state index in [9.17, 15) is 9.59 Å². The number of morpholine rings is 1. The lowest BCUT2D eigenvalue weighted by Crippen LogP contribution is -2.50. The molecule has 0 unspecified atom stereocenters. The zero-order valence-electron chi connectivity index (χ0n) is 19.0. The summed E-state index contributed by atoms with van der Waals surface area (Å²) in [5.41, 5.74) is 0.525. The zero-order valence-corrected chi connectivity index (χ0v) is 20.5. The SMILES string of the molecule is O=C(COc1ccccc1)N1CCCN(C[C@@H]2CN(C(=O)c3ccc(Cl)c(Cl)c3)CCO2)CC1. The summed E-state index contributed by atoms with van der Waals surface area (Å²) in [6, 6.07) is 14.3. The number of nitrogens with zero attached hydrogens (tertiary/aromatic N) is 3. The van der Waals surface area contributed by atoms with Crippen LogP contribution in [0.15, 0.2) is 48.5 Å². The number of hydrogen-bond donors (Lipinski definition) is 0. The van der Waals surface area contributed by atoms with Crippen LogP contribution in [0.5, 0.6) is 5.75 Å². The summed E-state index contributed by atoms with van der Waals surface area (Å²) in [4.78, 5) is 31.5. The van der Waals surface area contributed by atoms with Crippen molar-refractivity contribution in [3.8, 4) is 5.75 Å². The molecule has 2 aliphatic heterocycles. The van der Waals surface area contributed by atoms with Crippen molar-refractivity contribution in [2.75, 3.05) is 59.0 Å². The molecule has 2 saturated heterocycles. The van der Waals surface area contributed by atoms with Crippen LogP contribution in [0, 0.1) is 0 Å². The monoisotopic (exact) mass is 505 g/mol. The summed E-state index contributed by atoms with van der Waals surface area (Å²) in [5.74, 6) is 0.623. The quantitative estimate of drug-likeness (QED) is 0.601. The number of amides is 2. The molecule has 7 nitrogen and oxygen atoms in total. The maximum Gasteiger partial charge on any atom is 0.260 e. The first-order chi connectivity index (χ1) is 16.5. The average Bonchev–Trinajstić information content (AvgIpc) is 3.10. The lowest BCUT2D eigenvalue weighted by molar-refractivity contribution is -0.133. The molecule has 34 heavy (non-hydrogen) atoms. The maximum atomic E-state index is 12.9. The van der Waals surface area contributed by atoms with Gasteiger partial charge in [-0.3, -0.25) is 14.5 Å². The molecule has 0 N–H and O–H groups in total. The Hall–Kier alpha value is -2.32. The average molecular weight is 506 g/mol. The molecule has 2 aromatic carbocycles. The molecule has 9 heteroatoms. The Balaban J connectivity index is 1.25. The van der Waals surface area contributed by atoms with E-state index in [0.717, 1.165) is 19.5 Å². The van der Waals surface area contributed by atoms with Gasteiger partial charge in [0.2, 0.25) is 0 Å². The molecule has 2 heterocycles. The van der Waals surface area contributed by atoms with Crippen molar-refractivity contribution in [1.82, 2.24) is 14.7 Å². The van der Waals surface area contributed by atoms with E-state index in [1.165, 1.54) is 0 Å². The normalized spacial score (nSPS) is 19.5. The Morgan fingerprint density at radius 3 is 2.56 bits per heavy atom. The Labute approximate surface area is 210 Å². The van der Waals surface area contributed by atoms with Gasteiger partial charge in [-0.2, -0.15) is 0 Å². The van der Waals surface area contributed by atoms with Crippen LogP contribution in [0.25, 0.3) is 0 Å². The lowest BCUT2D eigenvalue weighted by atomic mass is 10.1. The summed E-state index contributed by atoms with van der Waals surface area (Å²) >= 11 is 12.1. The number of benzene rings is 2. The maximum absolute atomic E-state index is 12.9. The molecule has 2 aliphatic rings. The minimum absolute atomic E-state index is 0.00184. The van der Waals surface area contributed by atoms with E-state index in [1.54, 1.807) is 18.2 Å². The van der Waals surface area contributed by atoms with Gasteiger partial charge in [-0.25, -0.2) is 0 Å². The molecule has 182 valence electrons. The Kier molecular flexibility index (Phi) is 8.67. The van der Waals surface area contributed by atoms with Gasteiger partial charge < -0.3 is 19.3 Å². The predicted molar refractivity (Wildman–Crippen MR) is 132 cm³/mol. The standard InChI is InChI=1S/C25H29Cl2N3O4/c26-22-8-7-19(15-23(22)27)25(32)30-13-14-33-21(17-30)16-28-9-4-10-29(12-11-28)24(31)18-34-20-5-2-1-3-6-20/h1-3,5-8,15,21H,4,9-14,16-18H2/t21-/m1/s1. The molecule has 0 spiro atoms. The Bertz CT molecular complexity index is 991. The second kappa shape index (κ2) is 11.9. The van der Waals surface area contributed by atoms with Gasteiger partial charge in [0.25, 0.3) is 11.8 Å². The number of rotatable bonds is 6. The summed E-state index contributed by atoms with van der Waals surface area (Å²) in [5, 5.41) is 0.800. The fraction of sp³-hybridized carbons (Fsp3) is 0.440. The van der Waals surface area contributed by atoms with Crippen molar-refractivity contribution < 1.29 is 19.1 Å². The molecule has 1 atom stereocenters. The van der Waals surface area contributed by atoms with Crippen molar-refractivity contribution in [2.24, 2.45) is 0 Å². The molecular formula is C25H29Cl2N3O4. The molecule has 4 rings (SSSR count). The largest absolute Gasteiger partial charge is 0.484 e. The van der Waals surface area contributed by atoms with Gasteiger partial charge in [-0.05, 0) is 43.3 Å². The molecule has 2 amide bonds. The molecule has 0 aliphatic carbocycles. The van der Waals surface area contributed by atoms with Crippen LogP contribution in [0.2, 0.25) is 10.0 Å². The summed E-state index contributed by atoms with van der Waals surface area (Å²) in [6.45, 7) is 5.31. The molecule has 0 aromatic heterocycles. The Morgan fingerprint density at radius 1 is 0.941 bits per heavy atom. The van der Waals surface area contributed by atoms with Gasteiger partial charge in [0.15, 0.2) is 6.61 Å². The van der Waals surface area contributed by atoms with Gasteiger partial charge in [-0.15, -0.1) is 0 Å². The second-order valence-electron chi connectivity index (χ2n) is 8.51. The smallest absolute Gasteiger partial charge is 0.260 e. The highest BCUT2D eigenvalue weighted by Crippen LogP contribution is 2.24. The third-order valence-electron chi connectivity index (χ3n) is 6.10. The van der Waals surface area contributed by atoms with Crippen LogP contribution in [-0.4, -0.2) is 91.6 Å². The van der Waals surface area contributed by atoms with Crippen LogP contribution in [0.4, 0.5) is 0 Å². The number of hydrogen-bond acceptors (Lipinski definition) is 5. The topological polar surface area (TPSA) is 62.3 Å². The first kappa shape index (κ1) is 24.8. The van der Waals surface area contributed by atoms with Crippen LogP contribution >= 0.6 is 23.2 Å². The van der Waals surface area contributed by atoms with E-state index in [0.29, 0.717) is 60.7 Å². The van der Waals surface area contributed by atoms with E-state index >= 15 is 0 Å². The number of carbonyl (C=O) groups is 2. The molecule has 2 fully saturated rings. The molecular weight excluding hydrogens is 477 g/mol. The Morgan fingerprint density at radius 2 is 1.76 bits per heavy atom. The number of halogens is 2. The van der Waals surface area contributed by atoms with Crippen LogP contribution in [0.1, 0.15) is 16.8 Å². The first-order valence-electron chi connectivity index (χ1n) is 11.5. The summed E-state index contributed by atoms with van der Waals surface area (Å²) < 4.78 is 11.6. The van der Waals surface area contributed by atoms with E-state index in [4.69, 9.17) is 32.7 Å². The number of ether oxygens (including phenoxy) is 2. The first-order valence-corrected chi connectivity index (χ1v) is 12.3. The van der Waals surface area contributed by atoms with Gasteiger partial charge >= 0.3 is 0 Å². The van der Waals surface area contributed by atoms with E-state index < -0.39 is 0 Å².